The van der Waals surface area contributed by atoms with Crippen LogP contribution in [-0.4, -0.2) is 39.0 Å². The third-order valence-electron chi connectivity index (χ3n) is 8.92. The highest BCUT2D eigenvalue weighted by Crippen LogP contribution is 2.68. The Balaban J connectivity index is 2.19. The van der Waals surface area contributed by atoms with Crippen LogP contribution in [0.3, 0.4) is 0 Å². The van der Waals surface area contributed by atoms with Crippen molar-refractivity contribution in [1.29, 1.82) is 0 Å². The van der Waals surface area contributed by atoms with Crippen molar-refractivity contribution < 1.29 is 19.0 Å². The predicted molar refractivity (Wildman–Crippen MR) is 106 cm³/mol. The lowest BCUT2D eigenvalue weighted by atomic mass is 9.44. The fourth-order valence-electron chi connectivity index (χ4n) is 7.01. The first kappa shape index (κ1) is 21.0. The van der Waals surface area contributed by atoms with Crippen molar-refractivity contribution in [3.8, 4) is 0 Å². The molecule has 0 spiro atoms. The maximum Gasteiger partial charge on any atom is 0.146 e. The van der Waals surface area contributed by atoms with Gasteiger partial charge in [0.1, 0.15) is 12.6 Å². The standard InChI is InChI=1S/C23H38O4/c1-8-21(4)13-18(27-14-25-6)22(5)15(2)9-11-23(16(3)20(21)24)12-10-17(26-7)19(22)23/h8,15-19H,1,9-14H2,2-7H3/t15-,16+,17-,18-,19-,21-,22+,23+/m1/s1. The second-order valence-electron chi connectivity index (χ2n) is 9.80. The van der Waals surface area contributed by atoms with E-state index in [0.717, 1.165) is 25.7 Å². The van der Waals surface area contributed by atoms with Crippen LogP contribution in [0.5, 0.6) is 0 Å². The van der Waals surface area contributed by atoms with Gasteiger partial charge in [0.2, 0.25) is 0 Å². The summed E-state index contributed by atoms with van der Waals surface area (Å²) in [5.41, 5.74) is -0.634. The molecule has 0 heterocycles. The van der Waals surface area contributed by atoms with Crippen molar-refractivity contribution in [2.45, 2.75) is 72.0 Å². The Hall–Kier alpha value is -0.710. The van der Waals surface area contributed by atoms with E-state index < -0.39 is 5.41 Å². The topological polar surface area (TPSA) is 44.8 Å². The van der Waals surface area contributed by atoms with Crippen LogP contribution < -0.4 is 0 Å². The van der Waals surface area contributed by atoms with Crippen molar-refractivity contribution in [3.05, 3.63) is 12.7 Å². The third-order valence-corrected chi connectivity index (χ3v) is 8.92. The van der Waals surface area contributed by atoms with Crippen LogP contribution in [-0.2, 0) is 19.0 Å². The van der Waals surface area contributed by atoms with Gasteiger partial charge in [0.05, 0.1) is 12.2 Å². The Bertz CT molecular complexity index is 589. The van der Waals surface area contributed by atoms with E-state index in [-0.39, 0.29) is 35.7 Å². The van der Waals surface area contributed by atoms with E-state index in [4.69, 9.17) is 14.2 Å². The quantitative estimate of drug-likeness (QED) is 0.517. The van der Waals surface area contributed by atoms with Gasteiger partial charge in [0, 0.05) is 31.0 Å². The van der Waals surface area contributed by atoms with Crippen molar-refractivity contribution in [2.24, 2.45) is 34.0 Å². The van der Waals surface area contributed by atoms with Crippen molar-refractivity contribution in [1.82, 2.24) is 0 Å². The number of methoxy groups -OCH3 is 2. The molecule has 3 fully saturated rings. The molecular formula is C23H38O4. The van der Waals surface area contributed by atoms with Crippen LogP contribution in [0.1, 0.15) is 59.8 Å². The van der Waals surface area contributed by atoms with Crippen LogP contribution in [0.25, 0.3) is 0 Å². The molecular weight excluding hydrogens is 340 g/mol. The van der Waals surface area contributed by atoms with Crippen LogP contribution in [0.15, 0.2) is 12.7 Å². The Morgan fingerprint density at radius 1 is 1.19 bits per heavy atom. The molecule has 8 atom stereocenters. The SMILES string of the molecule is C=C[C@]1(C)C[C@@H](OCOC)[C@]2(C)[C@H](C)CC[C@]3(CC[C@@H](OC)[C@@H]32)[C@@H](C)C1=O. The molecule has 27 heavy (non-hydrogen) atoms. The Kier molecular flexibility index (Phi) is 5.66. The Labute approximate surface area is 165 Å². The number of carbonyl (C=O) groups excluding carboxylic acids is 1. The lowest BCUT2D eigenvalue weighted by Crippen LogP contribution is -2.62. The normalized spacial score (nSPS) is 50.0. The first-order valence-corrected chi connectivity index (χ1v) is 10.5. The Morgan fingerprint density at radius 2 is 1.85 bits per heavy atom. The number of ether oxygens (including phenoxy) is 3. The monoisotopic (exact) mass is 378 g/mol. The first-order valence-electron chi connectivity index (χ1n) is 10.5. The van der Waals surface area contributed by atoms with Gasteiger partial charge in [0.15, 0.2) is 0 Å². The van der Waals surface area contributed by atoms with E-state index in [9.17, 15) is 4.79 Å². The first-order chi connectivity index (χ1) is 12.7. The molecule has 3 aliphatic rings. The van der Waals surface area contributed by atoms with Crippen LogP contribution in [0, 0.1) is 34.0 Å². The Morgan fingerprint density at radius 3 is 2.44 bits per heavy atom. The summed E-state index contributed by atoms with van der Waals surface area (Å²) in [6.07, 6.45) is 6.98. The summed E-state index contributed by atoms with van der Waals surface area (Å²) in [7, 11) is 3.49. The maximum absolute atomic E-state index is 13.7. The lowest BCUT2D eigenvalue weighted by molar-refractivity contribution is -0.217. The third kappa shape index (κ3) is 2.86. The fraction of sp³-hybridized carbons (Fsp3) is 0.870. The highest BCUT2D eigenvalue weighted by molar-refractivity contribution is 5.89. The molecule has 0 aliphatic heterocycles. The van der Waals surface area contributed by atoms with E-state index in [1.807, 2.05) is 20.1 Å². The number of allylic oxidation sites excluding steroid dienone is 1. The second-order valence-corrected chi connectivity index (χ2v) is 9.80. The van der Waals surface area contributed by atoms with Gasteiger partial charge >= 0.3 is 0 Å². The minimum Gasteiger partial charge on any atom is -0.381 e. The smallest absolute Gasteiger partial charge is 0.146 e. The molecule has 4 nitrogen and oxygen atoms in total. The van der Waals surface area contributed by atoms with E-state index in [1.165, 1.54) is 0 Å². The highest BCUT2D eigenvalue weighted by atomic mass is 16.7. The van der Waals surface area contributed by atoms with E-state index >= 15 is 0 Å². The molecule has 0 radical (unpaired) electrons. The van der Waals surface area contributed by atoms with Gasteiger partial charge < -0.3 is 14.2 Å². The number of hydrogen-bond donors (Lipinski definition) is 0. The molecule has 0 amide bonds. The molecule has 154 valence electrons. The fourth-order valence-corrected chi connectivity index (χ4v) is 7.01. The molecule has 0 unspecified atom stereocenters. The predicted octanol–water partition coefficient (Wildman–Crippen LogP) is 4.62. The van der Waals surface area contributed by atoms with Crippen LogP contribution in [0.2, 0.25) is 0 Å². The van der Waals surface area contributed by atoms with Gasteiger partial charge in [-0.2, -0.15) is 0 Å². The molecule has 0 aromatic rings. The van der Waals surface area contributed by atoms with E-state index in [0.29, 0.717) is 24.0 Å². The van der Waals surface area contributed by atoms with Gasteiger partial charge in [-0.1, -0.05) is 26.8 Å². The summed E-state index contributed by atoms with van der Waals surface area (Å²) in [4.78, 5) is 13.7. The number of rotatable bonds is 5. The zero-order chi connectivity index (χ0) is 20.0. The largest absolute Gasteiger partial charge is 0.381 e. The molecule has 3 saturated carbocycles. The number of hydrogen-bond acceptors (Lipinski definition) is 4. The second kappa shape index (κ2) is 7.27. The summed E-state index contributed by atoms with van der Waals surface area (Å²) in [6.45, 7) is 13.3. The zero-order valence-electron chi connectivity index (χ0n) is 18.0. The molecule has 2 bridgehead atoms. The molecule has 3 aliphatic carbocycles. The molecule has 0 aromatic carbocycles. The van der Waals surface area contributed by atoms with Gasteiger partial charge in [-0.25, -0.2) is 0 Å². The van der Waals surface area contributed by atoms with Crippen molar-refractivity contribution >= 4 is 5.78 Å². The van der Waals surface area contributed by atoms with Crippen LogP contribution in [0.4, 0.5) is 0 Å². The highest BCUT2D eigenvalue weighted by Gasteiger charge is 2.67. The number of ketones is 1. The zero-order valence-corrected chi connectivity index (χ0v) is 18.0. The molecule has 0 N–H and O–H groups in total. The molecule has 3 rings (SSSR count). The molecule has 0 aromatic heterocycles. The summed E-state index contributed by atoms with van der Waals surface area (Å²) in [6, 6.07) is 0. The number of Topliss-reactive ketones (excluding diaryl/α,β-unsaturated/α-hetero) is 1. The average Bonchev–Trinajstić information content (AvgIpc) is 3.07. The molecule has 4 heteroatoms. The minimum absolute atomic E-state index is 0.00160. The summed E-state index contributed by atoms with van der Waals surface area (Å²) in [5.74, 6) is 1.17. The maximum atomic E-state index is 13.7. The molecule has 0 saturated heterocycles. The number of carbonyl (C=O) groups is 1. The summed E-state index contributed by atoms with van der Waals surface area (Å²) < 4.78 is 17.6. The van der Waals surface area contributed by atoms with E-state index in [2.05, 4.69) is 27.4 Å². The van der Waals surface area contributed by atoms with Gasteiger partial charge in [-0.05, 0) is 56.3 Å². The average molecular weight is 379 g/mol. The van der Waals surface area contributed by atoms with Gasteiger partial charge in [-0.15, -0.1) is 6.58 Å². The van der Waals surface area contributed by atoms with Crippen molar-refractivity contribution in [3.63, 3.8) is 0 Å². The van der Waals surface area contributed by atoms with Gasteiger partial charge in [-0.3, -0.25) is 4.79 Å². The summed E-state index contributed by atoms with van der Waals surface area (Å²) >= 11 is 0. The summed E-state index contributed by atoms with van der Waals surface area (Å²) in [5, 5.41) is 0. The minimum atomic E-state index is -0.570. The van der Waals surface area contributed by atoms with Crippen LogP contribution >= 0.6 is 0 Å². The lowest BCUT2D eigenvalue weighted by Gasteiger charge is -2.62. The van der Waals surface area contributed by atoms with Crippen molar-refractivity contribution in [2.75, 3.05) is 21.0 Å². The van der Waals surface area contributed by atoms with Gasteiger partial charge in [0.25, 0.3) is 0 Å². The van der Waals surface area contributed by atoms with E-state index in [1.54, 1.807) is 7.11 Å².